The van der Waals surface area contributed by atoms with Gasteiger partial charge >= 0.3 is 0 Å². The van der Waals surface area contributed by atoms with E-state index in [4.69, 9.17) is 10.5 Å². The van der Waals surface area contributed by atoms with Gasteiger partial charge in [0.05, 0.1) is 12.6 Å². The number of nitrogens with zero attached hydrogens (tertiary/aromatic N) is 1. The van der Waals surface area contributed by atoms with Crippen molar-refractivity contribution < 1.29 is 9.53 Å². The van der Waals surface area contributed by atoms with Gasteiger partial charge in [0.25, 0.3) is 0 Å². The van der Waals surface area contributed by atoms with Crippen LogP contribution in [0.15, 0.2) is 18.2 Å². The predicted octanol–water partition coefficient (Wildman–Crippen LogP) is 1.70. The summed E-state index contributed by atoms with van der Waals surface area (Å²) >= 11 is 0. The molecule has 0 aromatic heterocycles. The molecule has 1 amide bonds. The average Bonchev–Trinajstić information content (AvgIpc) is 2.31. The van der Waals surface area contributed by atoms with Crippen molar-refractivity contribution in [3.05, 3.63) is 29.3 Å². The lowest BCUT2D eigenvalue weighted by atomic mass is 10.1. The van der Waals surface area contributed by atoms with E-state index in [1.165, 1.54) is 0 Å². The molecule has 0 aliphatic heterocycles. The lowest BCUT2D eigenvalue weighted by molar-refractivity contribution is -0.131. The van der Waals surface area contributed by atoms with Crippen LogP contribution in [0.5, 0.6) is 5.75 Å². The van der Waals surface area contributed by atoms with Crippen molar-refractivity contribution in [1.82, 2.24) is 4.90 Å². The summed E-state index contributed by atoms with van der Waals surface area (Å²) in [6.45, 7) is 6.88. The van der Waals surface area contributed by atoms with Gasteiger partial charge < -0.3 is 15.4 Å². The van der Waals surface area contributed by atoms with Crippen molar-refractivity contribution in [3.63, 3.8) is 0 Å². The molecule has 1 atom stereocenters. The number of ether oxygens (including phenoxy) is 1. The largest absolute Gasteiger partial charge is 0.494 e. The second-order valence-electron chi connectivity index (χ2n) is 4.52. The van der Waals surface area contributed by atoms with E-state index < -0.39 is 6.04 Å². The molecule has 100 valence electrons. The smallest absolute Gasteiger partial charge is 0.239 e. The molecule has 0 heterocycles. The van der Waals surface area contributed by atoms with Crippen LogP contribution in [0.4, 0.5) is 0 Å². The van der Waals surface area contributed by atoms with Crippen molar-refractivity contribution in [2.24, 2.45) is 5.73 Å². The Morgan fingerprint density at radius 2 is 2.17 bits per heavy atom. The molecule has 0 aliphatic carbocycles. The number of hydrogen-bond donors (Lipinski definition) is 1. The minimum Gasteiger partial charge on any atom is -0.494 e. The molecule has 1 aromatic rings. The minimum absolute atomic E-state index is 0.0541. The summed E-state index contributed by atoms with van der Waals surface area (Å²) in [6.07, 6.45) is 0. The van der Waals surface area contributed by atoms with Crippen molar-refractivity contribution >= 4 is 5.91 Å². The van der Waals surface area contributed by atoms with Gasteiger partial charge in [0.15, 0.2) is 0 Å². The molecule has 0 spiro atoms. The van der Waals surface area contributed by atoms with E-state index in [1.54, 1.807) is 18.9 Å². The first-order valence-corrected chi connectivity index (χ1v) is 6.18. The van der Waals surface area contributed by atoms with Crippen LogP contribution < -0.4 is 10.5 Å². The van der Waals surface area contributed by atoms with Crippen molar-refractivity contribution in [1.29, 1.82) is 0 Å². The zero-order valence-corrected chi connectivity index (χ0v) is 11.6. The number of rotatable bonds is 5. The topological polar surface area (TPSA) is 55.6 Å². The van der Waals surface area contributed by atoms with E-state index in [0.717, 1.165) is 16.9 Å². The van der Waals surface area contributed by atoms with Gasteiger partial charge in [0.2, 0.25) is 5.91 Å². The van der Waals surface area contributed by atoms with Crippen molar-refractivity contribution in [3.8, 4) is 5.75 Å². The van der Waals surface area contributed by atoms with E-state index >= 15 is 0 Å². The number of hydrogen-bond acceptors (Lipinski definition) is 3. The summed E-state index contributed by atoms with van der Waals surface area (Å²) in [5.41, 5.74) is 7.73. The number of benzene rings is 1. The van der Waals surface area contributed by atoms with Gasteiger partial charge in [-0.25, -0.2) is 0 Å². The summed E-state index contributed by atoms with van der Waals surface area (Å²) in [4.78, 5) is 13.3. The lowest BCUT2D eigenvalue weighted by Gasteiger charge is -2.20. The Morgan fingerprint density at radius 3 is 2.67 bits per heavy atom. The number of nitrogens with two attached hydrogens (primary N) is 1. The fraction of sp³-hybridized carbons (Fsp3) is 0.500. The summed E-state index contributed by atoms with van der Waals surface area (Å²) in [7, 11) is 1.76. The quantitative estimate of drug-likeness (QED) is 0.865. The van der Waals surface area contributed by atoms with Crippen LogP contribution in [0.3, 0.4) is 0 Å². The molecule has 4 nitrogen and oxygen atoms in total. The number of carbonyl (C=O) groups excluding carboxylic acids is 1. The van der Waals surface area contributed by atoms with E-state index in [9.17, 15) is 4.79 Å². The maximum Gasteiger partial charge on any atom is 0.239 e. The standard InChI is InChI=1S/C14H22N2O2/c1-5-18-13-7-6-12(8-10(13)2)9-16(4)14(17)11(3)15/h6-8,11H,5,9,15H2,1-4H3. The second kappa shape index (κ2) is 6.40. The molecule has 0 saturated carbocycles. The number of amides is 1. The van der Waals surface area contributed by atoms with Crippen LogP contribution in [0.1, 0.15) is 25.0 Å². The van der Waals surface area contributed by atoms with Crippen LogP contribution in [-0.4, -0.2) is 30.5 Å². The molecule has 1 rings (SSSR count). The number of likely N-dealkylation sites (N-methyl/N-ethyl adjacent to an activating group) is 1. The van der Waals surface area contributed by atoms with E-state index in [1.807, 2.05) is 32.0 Å². The van der Waals surface area contributed by atoms with Gasteiger partial charge in [-0.2, -0.15) is 0 Å². The third-order valence-corrected chi connectivity index (χ3v) is 2.72. The maximum absolute atomic E-state index is 11.7. The Kier molecular flexibility index (Phi) is 5.16. The molecule has 0 saturated heterocycles. The summed E-state index contributed by atoms with van der Waals surface area (Å²) in [5.74, 6) is 0.837. The van der Waals surface area contributed by atoms with E-state index in [0.29, 0.717) is 13.2 Å². The summed E-state index contributed by atoms with van der Waals surface area (Å²) in [6, 6.07) is 5.50. The summed E-state index contributed by atoms with van der Waals surface area (Å²) < 4.78 is 5.48. The third-order valence-electron chi connectivity index (χ3n) is 2.72. The third kappa shape index (κ3) is 3.74. The molecule has 4 heteroatoms. The van der Waals surface area contributed by atoms with Gasteiger partial charge in [0.1, 0.15) is 5.75 Å². The molecule has 2 N–H and O–H groups in total. The lowest BCUT2D eigenvalue weighted by Crippen LogP contribution is -2.39. The van der Waals surface area contributed by atoms with Crippen LogP contribution in [0.25, 0.3) is 0 Å². The van der Waals surface area contributed by atoms with Gasteiger partial charge in [-0.15, -0.1) is 0 Å². The fourth-order valence-corrected chi connectivity index (χ4v) is 1.83. The van der Waals surface area contributed by atoms with Gasteiger partial charge in [-0.1, -0.05) is 12.1 Å². The van der Waals surface area contributed by atoms with Crippen LogP contribution in [0, 0.1) is 6.92 Å². The Labute approximate surface area is 109 Å². The SMILES string of the molecule is CCOc1ccc(CN(C)C(=O)C(C)N)cc1C. The molecule has 1 unspecified atom stereocenters. The molecule has 0 fully saturated rings. The highest BCUT2D eigenvalue weighted by Gasteiger charge is 2.13. The fourth-order valence-electron chi connectivity index (χ4n) is 1.83. The van der Waals surface area contributed by atoms with Crippen molar-refractivity contribution in [2.75, 3.05) is 13.7 Å². The van der Waals surface area contributed by atoms with Gasteiger partial charge in [-0.05, 0) is 38.0 Å². The van der Waals surface area contributed by atoms with Gasteiger partial charge in [0, 0.05) is 13.6 Å². The zero-order chi connectivity index (χ0) is 13.7. The molecular weight excluding hydrogens is 228 g/mol. The molecule has 1 aromatic carbocycles. The molecular formula is C14H22N2O2. The maximum atomic E-state index is 11.7. The minimum atomic E-state index is -0.459. The Bertz CT molecular complexity index is 416. The number of aryl methyl sites for hydroxylation is 1. The Morgan fingerprint density at radius 1 is 1.50 bits per heavy atom. The molecule has 0 bridgehead atoms. The normalized spacial score (nSPS) is 12.1. The highest BCUT2D eigenvalue weighted by molar-refractivity contribution is 5.80. The zero-order valence-electron chi connectivity index (χ0n) is 11.6. The highest BCUT2D eigenvalue weighted by atomic mass is 16.5. The average molecular weight is 250 g/mol. The highest BCUT2D eigenvalue weighted by Crippen LogP contribution is 2.19. The molecule has 18 heavy (non-hydrogen) atoms. The first-order valence-electron chi connectivity index (χ1n) is 6.18. The summed E-state index contributed by atoms with van der Waals surface area (Å²) in [5, 5.41) is 0. The second-order valence-corrected chi connectivity index (χ2v) is 4.52. The van der Waals surface area contributed by atoms with Gasteiger partial charge in [-0.3, -0.25) is 4.79 Å². The first kappa shape index (κ1) is 14.5. The molecule has 0 aliphatic rings. The van der Waals surface area contributed by atoms with E-state index in [-0.39, 0.29) is 5.91 Å². The van der Waals surface area contributed by atoms with E-state index in [2.05, 4.69) is 0 Å². The number of carbonyl (C=O) groups is 1. The predicted molar refractivity (Wildman–Crippen MR) is 72.5 cm³/mol. The van der Waals surface area contributed by atoms with Crippen LogP contribution in [0.2, 0.25) is 0 Å². The van der Waals surface area contributed by atoms with Crippen LogP contribution >= 0.6 is 0 Å². The first-order chi connectivity index (χ1) is 8.45. The van der Waals surface area contributed by atoms with Crippen LogP contribution in [-0.2, 0) is 11.3 Å². The Hall–Kier alpha value is -1.55. The monoisotopic (exact) mass is 250 g/mol. The molecule has 0 radical (unpaired) electrons. The Balaban J connectivity index is 2.74. The van der Waals surface area contributed by atoms with Crippen molar-refractivity contribution in [2.45, 2.75) is 33.4 Å².